The van der Waals surface area contributed by atoms with Gasteiger partial charge in [-0.1, -0.05) is 0 Å². The van der Waals surface area contributed by atoms with Crippen molar-refractivity contribution in [3.63, 3.8) is 0 Å². The Morgan fingerprint density at radius 2 is 0.750 bits per heavy atom. The van der Waals surface area contributed by atoms with Crippen LogP contribution in [-0.2, 0) is 18.1 Å². The fraction of sp³-hybridized carbons (Fsp3) is 0. The van der Waals surface area contributed by atoms with Crippen molar-refractivity contribution >= 4 is 23.1 Å². The molecule has 0 rings (SSSR count). The molecule has 4 nitrogen and oxygen atoms in total. The van der Waals surface area contributed by atoms with E-state index >= 15 is 0 Å². The van der Waals surface area contributed by atoms with Crippen LogP contribution in [0.15, 0.2) is 0 Å². The Morgan fingerprint density at radius 3 is 0.750 bits per heavy atom. The molecule has 0 saturated carbocycles. The summed E-state index contributed by atoms with van der Waals surface area (Å²) >= 11 is -2.88. The van der Waals surface area contributed by atoms with Gasteiger partial charge in [0.2, 0.25) is 0 Å². The van der Waals surface area contributed by atoms with E-state index in [1.165, 1.54) is 0 Å². The van der Waals surface area contributed by atoms with Gasteiger partial charge < -0.3 is 21.9 Å². The maximum absolute atomic E-state index is 9.81. The van der Waals surface area contributed by atoms with Crippen molar-refractivity contribution in [3.8, 4) is 0 Å². The monoisotopic (exact) mass is 200 g/mol. The van der Waals surface area contributed by atoms with E-state index in [1.807, 2.05) is 0 Å². The van der Waals surface area contributed by atoms with Crippen LogP contribution in [0.1, 0.15) is 0 Å². The van der Waals surface area contributed by atoms with Gasteiger partial charge in [-0.2, -0.15) is 0 Å². The predicted octanol–water partition coefficient (Wildman–Crippen LogP) is -3.38. The molecule has 0 aromatic carbocycles. The van der Waals surface area contributed by atoms with Crippen LogP contribution in [-0.4, -0.2) is 45.0 Å². The predicted molar refractivity (Wildman–Crippen MR) is 25.2 cm³/mol. The maximum atomic E-state index is 9.81. The SMILES string of the molecule is O.O.O.O.[F][Zn][F].[MgH2]. The second-order valence-electron chi connectivity index (χ2n) is 0.101. The van der Waals surface area contributed by atoms with Gasteiger partial charge in [-0.15, -0.1) is 0 Å². The van der Waals surface area contributed by atoms with Crippen LogP contribution in [0, 0.1) is 0 Å². The minimum Gasteiger partial charge on any atom is 0.316 e. The fourth-order valence-corrected chi connectivity index (χ4v) is 0. The molecule has 8 N–H and O–H groups in total. The molecule has 0 radical (unpaired) electrons. The summed E-state index contributed by atoms with van der Waals surface area (Å²) in [6.45, 7) is 0. The third-order valence-corrected chi connectivity index (χ3v) is 0. The second kappa shape index (κ2) is 93.1. The van der Waals surface area contributed by atoms with Crippen molar-refractivity contribution < 1.29 is 46.7 Å². The maximum Gasteiger partial charge on any atom is 0.316 e. The third kappa shape index (κ3) is 221. The molecular formula is H10F2MgO4Zn. The Hall–Kier alpha value is 1.09. The van der Waals surface area contributed by atoms with Crippen molar-refractivity contribution in [3.05, 3.63) is 0 Å². The molecule has 52 valence electrons. The first-order valence-electron chi connectivity index (χ1n) is 0.535. The molecule has 0 aliphatic heterocycles. The molecule has 8 heteroatoms. The molecule has 0 aliphatic carbocycles. The summed E-state index contributed by atoms with van der Waals surface area (Å²) < 4.78 is 19.6. The Labute approximate surface area is 69.8 Å². The van der Waals surface area contributed by atoms with Crippen molar-refractivity contribution in [2.45, 2.75) is 0 Å². The van der Waals surface area contributed by atoms with Gasteiger partial charge in [-0.3, -0.25) is 0 Å². The average Bonchev–Trinajstić information content (AvgIpc) is 0.918. The Kier molecular flexibility index (Phi) is 725. The van der Waals surface area contributed by atoms with Crippen LogP contribution in [0.2, 0.25) is 0 Å². The van der Waals surface area contributed by atoms with Crippen molar-refractivity contribution in [2.24, 2.45) is 0 Å². The molecule has 0 fully saturated rings. The molecule has 0 atom stereocenters. The van der Waals surface area contributed by atoms with E-state index in [9.17, 15) is 6.63 Å². The minimum absolute atomic E-state index is 0. The van der Waals surface area contributed by atoms with Gasteiger partial charge in [-0.05, 0) is 0 Å². The average molecular weight is 202 g/mol. The van der Waals surface area contributed by atoms with Crippen LogP contribution >= 0.6 is 0 Å². The van der Waals surface area contributed by atoms with Gasteiger partial charge in [0.05, 0.1) is 0 Å². The van der Waals surface area contributed by atoms with Crippen molar-refractivity contribution in [1.29, 1.82) is 0 Å². The molecule has 0 spiro atoms. The first kappa shape index (κ1) is 62.3. The first-order chi connectivity index (χ1) is 1.41. The van der Waals surface area contributed by atoms with E-state index in [2.05, 4.69) is 0 Å². The van der Waals surface area contributed by atoms with Crippen molar-refractivity contribution in [2.75, 3.05) is 0 Å². The van der Waals surface area contributed by atoms with Gasteiger partial charge in [-0.25, -0.2) is 0 Å². The standard InChI is InChI=1S/2FH.Mg.4H2O.Zn.2H/h2*1H;;4*1H2;;;/q;;;;;;;+2;;/p-2. The molecule has 0 heterocycles. The fourth-order valence-electron chi connectivity index (χ4n) is 0. The quantitative estimate of drug-likeness (QED) is 0.363. The molecule has 8 heavy (non-hydrogen) atoms. The number of hydrogen-bond acceptors (Lipinski definition) is 0. The van der Waals surface area contributed by atoms with Crippen molar-refractivity contribution in [1.82, 2.24) is 0 Å². The van der Waals surface area contributed by atoms with Crippen LogP contribution in [0.3, 0.4) is 0 Å². The molecule has 0 aliphatic rings. The Balaban J connectivity index is -0.00000000200. The second-order valence-corrected chi connectivity index (χ2v) is 0.525. The smallest absolute Gasteiger partial charge is 0.316 e. The Bertz CT molecular complexity index is 14.0. The van der Waals surface area contributed by atoms with E-state index < -0.39 is 18.1 Å². The topological polar surface area (TPSA) is 126 Å². The molecule has 0 aromatic rings. The number of halogens is 2. The van der Waals surface area contributed by atoms with Gasteiger partial charge in [0.25, 0.3) is 0 Å². The van der Waals surface area contributed by atoms with E-state index in [4.69, 9.17) is 0 Å². The van der Waals surface area contributed by atoms with Crippen LogP contribution in [0.5, 0.6) is 0 Å². The van der Waals surface area contributed by atoms with Gasteiger partial charge in [0.15, 0.2) is 0 Å². The van der Waals surface area contributed by atoms with E-state index in [1.54, 1.807) is 0 Å². The first-order valence-corrected chi connectivity index (χ1v) is 2.78. The van der Waals surface area contributed by atoms with Crippen LogP contribution in [0.4, 0.5) is 6.63 Å². The van der Waals surface area contributed by atoms with Gasteiger partial charge in [0, 0.05) is 0 Å². The summed E-state index contributed by atoms with van der Waals surface area (Å²) in [6.07, 6.45) is 0. The minimum atomic E-state index is -2.88. The van der Waals surface area contributed by atoms with Gasteiger partial charge >= 0.3 is 47.8 Å². The molecule has 0 saturated heterocycles. The summed E-state index contributed by atoms with van der Waals surface area (Å²) in [5.41, 5.74) is 0. The largest absolute Gasteiger partial charge is 0.316 e. The van der Waals surface area contributed by atoms with Crippen LogP contribution < -0.4 is 0 Å². The summed E-state index contributed by atoms with van der Waals surface area (Å²) in [4.78, 5) is 0. The molecule has 0 aromatic heterocycles. The zero-order valence-corrected chi connectivity index (χ0v) is 6.43. The van der Waals surface area contributed by atoms with E-state index in [0.29, 0.717) is 0 Å². The number of rotatable bonds is 0. The van der Waals surface area contributed by atoms with E-state index in [-0.39, 0.29) is 45.0 Å². The third-order valence-electron chi connectivity index (χ3n) is 0. The molecular weight excluding hydrogens is 192 g/mol. The Morgan fingerprint density at radius 1 is 0.750 bits per heavy atom. The zero-order chi connectivity index (χ0) is 2.71. The summed E-state index contributed by atoms with van der Waals surface area (Å²) in [7, 11) is 0. The zero-order valence-electron chi connectivity index (χ0n) is 3.46. The summed E-state index contributed by atoms with van der Waals surface area (Å²) in [6, 6.07) is 0. The summed E-state index contributed by atoms with van der Waals surface area (Å²) in [5.74, 6) is 0. The van der Waals surface area contributed by atoms with E-state index in [0.717, 1.165) is 0 Å². The molecule has 0 bridgehead atoms. The normalized spacial score (nSPS) is 1.25. The number of hydrogen-bond donors (Lipinski definition) is 0. The van der Waals surface area contributed by atoms with Gasteiger partial charge in [0.1, 0.15) is 0 Å². The molecule has 0 unspecified atom stereocenters. The van der Waals surface area contributed by atoms with Crippen LogP contribution in [0.25, 0.3) is 0 Å². The molecule has 0 amide bonds. The summed E-state index contributed by atoms with van der Waals surface area (Å²) in [5, 5.41) is 0.